The van der Waals surface area contributed by atoms with Crippen molar-refractivity contribution in [3.05, 3.63) is 47.6 Å². The highest BCUT2D eigenvalue weighted by Gasteiger charge is 2.27. The molecule has 0 bridgehead atoms. The van der Waals surface area contributed by atoms with Gasteiger partial charge in [0, 0.05) is 24.0 Å². The molecule has 1 aliphatic heterocycles. The molecule has 3 aromatic rings. The Bertz CT molecular complexity index is 1200. The smallest absolute Gasteiger partial charge is 0.316 e. The molecule has 0 N–H and O–H groups in total. The molecule has 1 aromatic carbocycles. The van der Waals surface area contributed by atoms with Gasteiger partial charge < -0.3 is 4.74 Å². The first-order chi connectivity index (χ1) is 14.9. The largest absolute Gasteiger partial charge is 0.457 e. The second-order valence-electron chi connectivity index (χ2n) is 6.83. The number of thioether (sulfide) groups is 1. The van der Waals surface area contributed by atoms with Gasteiger partial charge in [-0.25, -0.2) is 18.4 Å². The van der Waals surface area contributed by atoms with E-state index in [-0.39, 0.29) is 16.2 Å². The summed E-state index contributed by atoms with van der Waals surface area (Å²) in [4.78, 5) is 33.7. The van der Waals surface area contributed by atoms with Crippen LogP contribution in [0, 0.1) is 0 Å². The van der Waals surface area contributed by atoms with E-state index in [2.05, 4.69) is 9.97 Å². The molecule has 2 aromatic heterocycles. The van der Waals surface area contributed by atoms with Gasteiger partial charge in [-0.1, -0.05) is 11.8 Å². The fourth-order valence-corrected chi connectivity index (χ4v) is 6.27. The number of nitrogens with zero attached hydrogens (tertiary/aromatic N) is 3. The minimum atomic E-state index is -3.53. The van der Waals surface area contributed by atoms with Gasteiger partial charge in [-0.3, -0.25) is 9.59 Å². The van der Waals surface area contributed by atoms with Crippen molar-refractivity contribution in [2.24, 2.45) is 0 Å². The molecule has 0 aliphatic carbocycles. The summed E-state index contributed by atoms with van der Waals surface area (Å²) in [5.41, 5.74) is 0.289. The fraction of sp³-hybridized carbons (Fsp3) is 0.300. The quantitative estimate of drug-likeness (QED) is 0.211. The zero-order chi connectivity index (χ0) is 21.8. The molecule has 1 saturated heterocycles. The zero-order valence-electron chi connectivity index (χ0n) is 16.4. The number of carbonyl (C=O) groups excluding carboxylic acids is 2. The Kier molecular flexibility index (Phi) is 6.65. The number of esters is 1. The molecule has 0 spiro atoms. The van der Waals surface area contributed by atoms with Crippen molar-refractivity contribution in [3.63, 3.8) is 0 Å². The molecule has 4 rings (SSSR count). The molecule has 3 heterocycles. The topological polar surface area (TPSA) is 107 Å². The van der Waals surface area contributed by atoms with Crippen molar-refractivity contribution >= 4 is 55.1 Å². The number of hydrogen-bond donors (Lipinski definition) is 0. The molecule has 0 radical (unpaired) electrons. The predicted molar refractivity (Wildman–Crippen MR) is 118 cm³/mol. The highest BCUT2D eigenvalue weighted by molar-refractivity contribution is 8.00. The summed E-state index contributed by atoms with van der Waals surface area (Å²) in [7, 11) is -3.53. The predicted octanol–water partition coefficient (Wildman–Crippen LogP) is 2.99. The minimum Gasteiger partial charge on any atom is -0.457 e. The van der Waals surface area contributed by atoms with E-state index >= 15 is 0 Å². The number of carbonyl (C=O) groups is 2. The number of ketones is 1. The Morgan fingerprint density at radius 3 is 2.58 bits per heavy atom. The van der Waals surface area contributed by atoms with Crippen LogP contribution < -0.4 is 0 Å². The monoisotopic (exact) mass is 477 g/mol. The molecular formula is C20H19N3O5S3. The van der Waals surface area contributed by atoms with E-state index in [9.17, 15) is 18.0 Å². The van der Waals surface area contributed by atoms with E-state index in [1.807, 2.05) is 11.4 Å². The molecule has 0 amide bonds. The Balaban J connectivity index is 1.30. The lowest BCUT2D eigenvalue weighted by Gasteiger charge is -2.15. The third-order valence-electron chi connectivity index (χ3n) is 4.80. The highest BCUT2D eigenvalue weighted by atomic mass is 32.2. The first kappa shape index (κ1) is 21.9. The molecule has 0 saturated carbocycles. The summed E-state index contributed by atoms with van der Waals surface area (Å²) in [6.07, 6.45) is 3.16. The van der Waals surface area contributed by atoms with Gasteiger partial charge in [0.05, 0.1) is 10.6 Å². The summed E-state index contributed by atoms with van der Waals surface area (Å²) < 4.78 is 31.6. The Labute approximate surface area is 187 Å². The van der Waals surface area contributed by atoms with Crippen LogP contribution in [0.25, 0.3) is 10.2 Å². The van der Waals surface area contributed by atoms with E-state index in [1.54, 1.807) is 0 Å². The van der Waals surface area contributed by atoms with Crippen LogP contribution in [-0.2, 0) is 19.6 Å². The van der Waals surface area contributed by atoms with E-state index in [0.29, 0.717) is 18.1 Å². The first-order valence-electron chi connectivity index (χ1n) is 9.55. The van der Waals surface area contributed by atoms with Gasteiger partial charge in [0.15, 0.2) is 12.4 Å². The molecule has 31 heavy (non-hydrogen) atoms. The number of sulfonamides is 1. The number of hydrogen-bond acceptors (Lipinski definition) is 9. The maximum atomic E-state index is 12.5. The lowest BCUT2D eigenvalue weighted by Crippen LogP contribution is -2.27. The summed E-state index contributed by atoms with van der Waals surface area (Å²) in [6, 6.07) is 7.62. The normalized spacial score (nSPS) is 14.7. The van der Waals surface area contributed by atoms with Crippen LogP contribution in [0.1, 0.15) is 23.2 Å². The molecule has 11 heteroatoms. The van der Waals surface area contributed by atoms with E-state index in [1.165, 1.54) is 58.0 Å². The van der Waals surface area contributed by atoms with Crippen LogP contribution >= 0.6 is 23.1 Å². The number of ether oxygens (including phenoxy) is 1. The summed E-state index contributed by atoms with van der Waals surface area (Å²) in [5, 5.41) is 3.47. The lowest BCUT2D eigenvalue weighted by molar-refractivity contribution is -0.139. The highest BCUT2D eigenvalue weighted by Crippen LogP contribution is 2.27. The summed E-state index contributed by atoms with van der Waals surface area (Å²) in [6.45, 7) is 0.628. The van der Waals surface area contributed by atoms with Crippen molar-refractivity contribution in [1.82, 2.24) is 14.3 Å². The van der Waals surface area contributed by atoms with Crippen LogP contribution in [-0.4, -0.2) is 59.9 Å². The van der Waals surface area contributed by atoms with Crippen LogP contribution in [0.2, 0.25) is 0 Å². The Morgan fingerprint density at radius 2 is 1.84 bits per heavy atom. The first-order valence-corrected chi connectivity index (χ1v) is 12.9. The number of thiophene rings is 1. The van der Waals surface area contributed by atoms with Crippen molar-refractivity contribution < 1.29 is 22.7 Å². The second-order valence-corrected chi connectivity index (χ2v) is 10.6. The number of benzene rings is 1. The summed E-state index contributed by atoms with van der Waals surface area (Å²) in [5.74, 6) is -0.915. The van der Waals surface area contributed by atoms with Crippen molar-refractivity contribution in [2.45, 2.75) is 22.8 Å². The average molecular weight is 478 g/mol. The van der Waals surface area contributed by atoms with Gasteiger partial charge in [-0.2, -0.15) is 4.31 Å². The molecule has 0 atom stereocenters. The maximum absolute atomic E-state index is 12.5. The Morgan fingerprint density at radius 1 is 1.10 bits per heavy atom. The third kappa shape index (κ3) is 4.95. The maximum Gasteiger partial charge on any atom is 0.316 e. The van der Waals surface area contributed by atoms with E-state index in [0.717, 1.165) is 23.1 Å². The van der Waals surface area contributed by atoms with Crippen molar-refractivity contribution in [1.29, 1.82) is 0 Å². The number of rotatable bonds is 8. The Hall–Kier alpha value is -2.34. The number of fused-ring (bicyclic) bond motifs is 1. The molecule has 8 nitrogen and oxygen atoms in total. The lowest BCUT2D eigenvalue weighted by atomic mass is 10.1. The average Bonchev–Trinajstić information content (AvgIpc) is 3.48. The van der Waals surface area contributed by atoms with Gasteiger partial charge in [0.25, 0.3) is 0 Å². The van der Waals surface area contributed by atoms with Crippen LogP contribution in [0.5, 0.6) is 0 Å². The zero-order valence-corrected chi connectivity index (χ0v) is 18.8. The van der Waals surface area contributed by atoms with Crippen molar-refractivity contribution in [2.75, 3.05) is 25.4 Å². The van der Waals surface area contributed by atoms with Crippen LogP contribution in [0.4, 0.5) is 0 Å². The van der Waals surface area contributed by atoms with Gasteiger partial charge in [-0.15, -0.1) is 11.3 Å². The second kappa shape index (κ2) is 9.43. The van der Waals surface area contributed by atoms with E-state index in [4.69, 9.17) is 4.74 Å². The number of aromatic nitrogens is 2. The van der Waals surface area contributed by atoms with Gasteiger partial charge in [0.2, 0.25) is 10.0 Å². The number of Topliss-reactive ketones (excluding diaryl/α,β-unsaturated/α-hetero) is 1. The molecule has 1 aliphatic rings. The molecular weight excluding hydrogens is 458 g/mol. The molecule has 162 valence electrons. The summed E-state index contributed by atoms with van der Waals surface area (Å²) >= 11 is 2.72. The van der Waals surface area contributed by atoms with Crippen LogP contribution in [0.3, 0.4) is 0 Å². The van der Waals surface area contributed by atoms with E-state index < -0.39 is 28.4 Å². The van der Waals surface area contributed by atoms with Crippen molar-refractivity contribution in [3.8, 4) is 0 Å². The minimum absolute atomic E-state index is 0.0161. The van der Waals surface area contributed by atoms with Crippen LogP contribution in [0.15, 0.2) is 52.0 Å². The standard InChI is InChI=1S/C20H19N3O5S3/c24-17(14-3-5-15(6-4-14)31(26,27)23-8-1-2-9-23)11-28-18(25)12-30-20-16-7-10-29-19(16)21-13-22-20/h3-7,10,13H,1-2,8-9,11-12H2. The SMILES string of the molecule is O=C(CSc1ncnc2sccc12)OCC(=O)c1ccc(S(=O)(=O)N2CCCC2)cc1. The molecule has 1 fully saturated rings. The van der Waals surface area contributed by atoms with Gasteiger partial charge >= 0.3 is 5.97 Å². The van der Waals surface area contributed by atoms with Gasteiger partial charge in [0.1, 0.15) is 16.2 Å². The van der Waals surface area contributed by atoms with Gasteiger partial charge in [-0.05, 0) is 48.6 Å². The fourth-order valence-electron chi connectivity index (χ4n) is 3.17. The third-order valence-corrected chi connectivity index (χ3v) is 8.51. The molecule has 0 unspecified atom stereocenters.